The van der Waals surface area contributed by atoms with E-state index >= 15 is 0 Å². The standard InChI is InChI=1S/C21H30O3/c1-4-12-6-8-15-14-7-5-13-9-17(22)18(23)11-20(13,2)16(14)10-19(24)21(12,15)3/h9,12,14-16,19,24H,4-8,10-11H2,1-3H3/t12-,14-,15-,16-,19-,20-,21+/m0/s1. The number of aliphatic hydroxyl groups excluding tert-OH is 1. The zero-order valence-electron chi connectivity index (χ0n) is 15.2. The highest BCUT2D eigenvalue weighted by Gasteiger charge is 2.62. The lowest BCUT2D eigenvalue weighted by atomic mass is 9.46. The van der Waals surface area contributed by atoms with Gasteiger partial charge in [0, 0.05) is 6.42 Å². The third kappa shape index (κ3) is 1.94. The summed E-state index contributed by atoms with van der Waals surface area (Å²) in [6.07, 6.45) is 8.18. The molecule has 0 amide bonds. The molecular weight excluding hydrogens is 300 g/mol. The second-order valence-corrected chi connectivity index (χ2v) is 9.27. The summed E-state index contributed by atoms with van der Waals surface area (Å²) in [5.41, 5.74) is 1.01. The SMILES string of the molecule is CC[C@H]1CC[C@H]2[C@@H]3CCC4=CC(=O)C(=O)C[C@]4(C)[C@H]3C[C@H](O)[C@]12C. The molecule has 24 heavy (non-hydrogen) atoms. The van der Waals surface area contributed by atoms with Crippen molar-refractivity contribution < 1.29 is 14.7 Å². The van der Waals surface area contributed by atoms with Crippen LogP contribution in [0, 0.1) is 34.5 Å². The van der Waals surface area contributed by atoms with Crippen LogP contribution in [-0.2, 0) is 9.59 Å². The van der Waals surface area contributed by atoms with Crippen LogP contribution in [0.4, 0.5) is 0 Å². The van der Waals surface area contributed by atoms with E-state index in [0.717, 1.165) is 25.7 Å². The molecule has 0 aliphatic heterocycles. The van der Waals surface area contributed by atoms with Gasteiger partial charge in [-0.15, -0.1) is 0 Å². The number of hydrogen-bond acceptors (Lipinski definition) is 3. The Labute approximate surface area is 144 Å². The zero-order valence-corrected chi connectivity index (χ0v) is 15.2. The molecule has 0 heterocycles. The van der Waals surface area contributed by atoms with Crippen molar-refractivity contribution in [1.82, 2.24) is 0 Å². The molecule has 3 nitrogen and oxygen atoms in total. The molecule has 0 bridgehead atoms. The number of Topliss-reactive ketones (excluding diaryl/α,β-unsaturated/α-hetero) is 1. The lowest BCUT2D eigenvalue weighted by molar-refractivity contribution is -0.146. The van der Waals surface area contributed by atoms with Gasteiger partial charge in [0.25, 0.3) is 0 Å². The Hall–Kier alpha value is -0.960. The van der Waals surface area contributed by atoms with E-state index in [0.29, 0.717) is 30.1 Å². The van der Waals surface area contributed by atoms with Gasteiger partial charge in [0.05, 0.1) is 6.10 Å². The van der Waals surface area contributed by atoms with Crippen LogP contribution in [0.1, 0.15) is 65.7 Å². The number of ketones is 2. The molecule has 4 aliphatic rings. The summed E-state index contributed by atoms with van der Waals surface area (Å²) in [6.45, 7) is 6.76. The lowest BCUT2D eigenvalue weighted by Crippen LogP contribution is -2.56. The first-order chi connectivity index (χ1) is 11.3. The van der Waals surface area contributed by atoms with Gasteiger partial charge in [-0.1, -0.05) is 32.8 Å². The van der Waals surface area contributed by atoms with Crippen LogP contribution in [-0.4, -0.2) is 22.8 Å². The predicted molar refractivity (Wildman–Crippen MR) is 92.3 cm³/mol. The first-order valence-electron chi connectivity index (χ1n) is 9.78. The van der Waals surface area contributed by atoms with Crippen LogP contribution in [0.25, 0.3) is 0 Å². The number of rotatable bonds is 1. The van der Waals surface area contributed by atoms with Gasteiger partial charge in [-0.3, -0.25) is 9.59 Å². The molecular formula is C21H30O3. The van der Waals surface area contributed by atoms with Crippen molar-refractivity contribution in [1.29, 1.82) is 0 Å². The summed E-state index contributed by atoms with van der Waals surface area (Å²) in [5, 5.41) is 11.1. The number of carbonyl (C=O) groups excluding carboxylic acids is 2. The first kappa shape index (κ1) is 16.5. The van der Waals surface area contributed by atoms with Gasteiger partial charge in [0.15, 0.2) is 0 Å². The lowest BCUT2D eigenvalue weighted by Gasteiger charge is -2.59. The molecule has 0 aromatic rings. The number of carbonyl (C=O) groups is 2. The molecule has 132 valence electrons. The summed E-state index contributed by atoms with van der Waals surface area (Å²) >= 11 is 0. The minimum atomic E-state index is -0.311. The summed E-state index contributed by atoms with van der Waals surface area (Å²) in [5.74, 6) is 1.59. The molecule has 1 N–H and O–H groups in total. The molecule has 4 aliphatic carbocycles. The fraction of sp³-hybridized carbons (Fsp3) is 0.810. The van der Waals surface area contributed by atoms with Crippen molar-refractivity contribution in [2.24, 2.45) is 34.5 Å². The van der Waals surface area contributed by atoms with E-state index in [4.69, 9.17) is 0 Å². The smallest absolute Gasteiger partial charge is 0.221 e. The number of aliphatic hydroxyl groups is 1. The molecule has 3 fully saturated rings. The summed E-state index contributed by atoms with van der Waals surface area (Å²) in [4.78, 5) is 24.0. The molecule has 0 saturated heterocycles. The summed E-state index contributed by atoms with van der Waals surface area (Å²) in [6, 6.07) is 0. The molecule has 0 aromatic carbocycles. The van der Waals surface area contributed by atoms with E-state index in [1.54, 1.807) is 6.08 Å². The molecule has 0 aromatic heterocycles. The maximum absolute atomic E-state index is 12.1. The van der Waals surface area contributed by atoms with Crippen LogP contribution in [0.15, 0.2) is 11.6 Å². The highest BCUT2D eigenvalue weighted by Crippen LogP contribution is 2.66. The molecule has 0 unspecified atom stereocenters. The van der Waals surface area contributed by atoms with Crippen LogP contribution in [0.3, 0.4) is 0 Å². The van der Waals surface area contributed by atoms with Crippen molar-refractivity contribution in [3.8, 4) is 0 Å². The first-order valence-corrected chi connectivity index (χ1v) is 9.78. The van der Waals surface area contributed by atoms with Crippen LogP contribution >= 0.6 is 0 Å². The number of fused-ring (bicyclic) bond motifs is 5. The van der Waals surface area contributed by atoms with Crippen molar-refractivity contribution >= 4 is 11.6 Å². The minimum Gasteiger partial charge on any atom is -0.393 e. The Kier molecular flexibility index (Phi) is 3.62. The van der Waals surface area contributed by atoms with Gasteiger partial charge in [0.2, 0.25) is 11.6 Å². The number of hydrogen-bond donors (Lipinski definition) is 1. The van der Waals surface area contributed by atoms with Crippen LogP contribution < -0.4 is 0 Å². The van der Waals surface area contributed by atoms with E-state index in [9.17, 15) is 14.7 Å². The van der Waals surface area contributed by atoms with Crippen molar-refractivity contribution in [2.75, 3.05) is 0 Å². The number of allylic oxidation sites excluding steroid dienone is 1. The molecule has 3 heteroatoms. The van der Waals surface area contributed by atoms with Gasteiger partial charge in [-0.05, 0) is 72.7 Å². The maximum atomic E-state index is 12.1. The normalized spacial score (nSPS) is 50.8. The maximum Gasteiger partial charge on any atom is 0.221 e. The Morgan fingerprint density at radius 1 is 1.17 bits per heavy atom. The molecule has 0 radical (unpaired) electrons. The Bertz CT molecular complexity index is 621. The molecule has 3 saturated carbocycles. The fourth-order valence-electron chi connectivity index (χ4n) is 7.22. The van der Waals surface area contributed by atoms with Gasteiger partial charge < -0.3 is 5.11 Å². The van der Waals surface area contributed by atoms with Gasteiger partial charge >= 0.3 is 0 Å². The van der Waals surface area contributed by atoms with E-state index in [2.05, 4.69) is 20.8 Å². The third-order valence-electron chi connectivity index (χ3n) is 8.63. The zero-order chi connectivity index (χ0) is 17.3. The van der Waals surface area contributed by atoms with Gasteiger partial charge in [0.1, 0.15) is 0 Å². The Morgan fingerprint density at radius 2 is 1.92 bits per heavy atom. The third-order valence-corrected chi connectivity index (χ3v) is 8.63. The Balaban J connectivity index is 1.73. The second kappa shape index (κ2) is 5.27. The van der Waals surface area contributed by atoms with Crippen molar-refractivity contribution in [3.63, 3.8) is 0 Å². The quantitative estimate of drug-likeness (QED) is 0.746. The van der Waals surface area contributed by atoms with E-state index in [1.807, 2.05) is 0 Å². The largest absolute Gasteiger partial charge is 0.393 e. The summed E-state index contributed by atoms with van der Waals surface area (Å²) in [7, 11) is 0. The molecule has 4 rings (SSSR count). The van der Waals surface area contributed by atoms with Crippen LogP contribution in [0.5, 0.6) is 0 Å². The predicted octanol–water partition coefficient (Wildman–Crippen LogP) is 3.69. The second-order valence-electron chi connectivity index (χ2n) is 9.27. The Morgan fingerprint density at radius 3 is 2.62 bits per heavy atom. The van der Waals surface area contributed by atoms with Crippen molar-refractivity contribution in [3.05, 3.63) is 11.6 Å². The average molecular weight is 330 g/mol. The minimum absolute atomic E-state index is 0.0436. The fourth-order valence-corrected chi connectivity index (χ4v) is 7.22. The van der Waals surface area contributed by atoms with Crippen LogP contribution in [0.2, 0.25) is 0 Å². The monoisotopic (exact) mass is 330 g/mol. The van der Waals surface area contributed by atoms with Gasteiger partial charge in [-0.2, -0.15) is 0 Å². The van der Waals surface area contributed by atoms with E-state index in [-0.39, 0.29) is 28.5 Å². The van der Waals surface area contributed by atoms with Crippen molar-refractivity contribution in [2.45, 2.75) is 71.8 Å². The van der Waals surface area contributed by atoms with E-state index < -0.39 is 0 Å². The average Bonchev–Trinajstić information content (AvgIpc) is 2.88. The topological polar surface area (TPSA) is 54.4 Å². The molecule has 0 spiro atoms. The van der Waals surface area contributed by atoms with E-state index in [1.165, 1.54) is 18.4 Å². The molecule has 7 atom stereocenters. The highest BCUT2D eigenvalue weighted by molar-refractivity contribution is 6.42. The summed E-state index contributed by atoms with van der Waals surface area (Å²) < 4.78 is 0. The van der Waals surface area contributed by atoms with Gasteiger partial charge in [-0.25, -0.2) is 0 Å². The highest BCUT2D eigenvalue weighted by atomic mass is 16.3.